The lowest BCUT2D eigenvalue weighted by molar-refractivity contribution is 0.418. The Morgan fingerprint density at radius 3 is 2.88 bits per heavy atom. The van der Waals surface area contributed by atoms with Gasteiger partial charge in [-0.3, -0.25) is 0 Å². The third-order valence-corrected chi connectivity index (χ3v) is 4.16. The molecule has 2 nitrogen and oxygen atoms in total. The number of hydrogen-bond donors (Lipinski definition) is 1. The molecular formula is C14H20N2. The SMILES string of the molecule is c1ncc(CC2CCC3=C(CCCC3)C2)[nH]1. The molecule has 3 rings (SSSR count). The molecule has 0 saturated carbocycles. The summed E-state index contributed by atoms with van der Waals surface area (Å²) in [5.41, 5.74) is 4.93. The van der Waals surface area contributed by atoms with Crippen LogP contribution >= 0.6 is 0 Å². The van der Waals surface area contributed by atoms with E-state index in [1.54, 1.807) is 6.33 Å². The van der Waals surface area contributed by atoms with Crippen LogP contribution in [0.5, 0.6) is 0 Å². The van der Waals surface area contributed by atoms with E-state index in [0.29, 0.717) is 0 Å². The van der Waals surface area contributed by atoms with Gasteiger partial charge >= 0.3 is 0 Å². The summed E-state index contributed by atoms with van der Waals surface area (Å²) >= 11 is 0. The summed E-state index contributed by atoms with van der Waals surface area (Å²) in [5, 5.41) is 0. The highest BCUT2D eigenvalue weighted by molar-refractivity contribution is 5.21. The summed E-state index contributed by atoms with van der Waals surface area (Å²) in [4.78, 5) is 7.33. The van der Waals surface area contributed by atoms with Gasteiger partial charge in [0, 0.05) is 11.9 Å². The highest BCUT2D eigenvalue weighted by Crippen LogP contribution is 2.38. The second-order valence-corrected chi connectivity index (χ2v) is 5.30. The Balaban J connectivity index is 1.66. The summed E-state index contributed by atoms with van der Waals surface area (Å²) in [6, 6.07) is 0. The molecular weight excluding hydrogens is 196 g/mol. The fourth-order valence-electron chi connectivity index (χ4n) is 3.29. The van der Waals surface area contributed by atoms with Gasteiger partial charge in [-0.2, -0.15) is 0 Å². The zero-order valence-electron chi connectivity index (χ0n) is 9.84. The molecule has 1 unspecified atom stereocenters. The monoisotopic (exact) mass is 216 g/mol. The molecule has 0 spiro atoms. The molecule has 0 fully saturated rings. The van der Waals surface area contributed by atoms with Crippen molar-refractivity contribution in [2.75, 3.05) is 0 Å². The van der Waals surface area contributed by atoms with Crippen LogP contribution in [0.3, 0.4) is 0 Å². The van der Waals surface area contributed by atoms with Crippen LogP contribution in [0.15, 0.2) is 23.7 Å². The fraction of sp³-hybridized carbons (Fsp3) is 0.643. The maximum Gasteiger partial charge on any atom is 0.0921 e. The number of H-pyrrole nitrogens is 1. The molecule has 0 amide bonds. The molecule has 1 N–H and O–H groups in total. The van der Waals surface area contributed by atoms with Gasteiger partial charge in [0.2, 0.25) is 0 Å². The first-order valence-electron chi connectivity index (χ1n) is 6.59. The minimum atomic E-state index is 0.859. The summed E-state index contributed by atoms with van der Waals surface area (Å²) in [7, 11) is 0. The van der Waals surface area contributed by atoms with Gasteiger partial charge in [-0.25, -0.2) is 4.98 Å². The van der Waals surface area contributed by atoms with Crippen LogP contribution in [0.4, 0.5) is 0 Å². The fourth-order valence-corrected chi connectivity index (χ4v) is 3.29. The van der Waals surface area contributed by atoms with Gasteiger partial charge in [-0.15, -0.1) is 0 Å². The minimum absolute atomic E-state index is 0.859. The third-order valence-electron chi connectivity index (χ3n) is 4.16. The average Bonchev–Trinajstić information content (AvgIpc) is 2.82. The summed E-state index contributed by atoms with van der Waals surface area (Å²) in [6.07, 6.45) is 14.7. The Morgan fingerprint density at radius 1 is 1.19 bits per heavy atom. The van der Waals surface area contributed by atoms with Crippen molar-refractivity contribution in [3.8, 4) is 0 Å². The molecule has 0 saturated heterocycles. The second kappa shape index (κ2) is 4.44. The van der Waals surface area contributed by atoms with E-state index in [4.69, 9.17) is 0 Å². The number of aromatic nitrogens is 2. The second-order valence-electron chi connectivity index (χ2n) is 5.30. The van der Waals surface area contributed by atoms with Crippen LogP contribution in [0, 0.1) is 5.92 Å². The van der Waals surface area contributed by atoms with Crippen LogP contribution in [0.25, 0.3) is 0 Å². The van der Waals surface area contributed by atoms with Crippen molar-refractivity contribution in [1.82, 2.24) is 9.97 Å². The van der Waals surface area contributed by atoms with E-state index in [0.717, 1.165) is 5.92 Å². The lowest BCUT2D eigenvalue weighted by atomic mass is 9.76. The van der Waals surface area contributed by atoms with E-state index in [1.807, 2.05) is 17.3 Å². The quantitative estimate of drug-likeness (QED) is 0.751. The maximum absolute atomic E-state index is 4.10. The van der Waals surface area contributed by atoms with Gasteiger partial charge in [-0.1, -0.05) is 11.1 Å². The van der Waals surface area contributed by atoms with Gasteiger partial charge in [-0.05, 0) is 57.3 Å². The van der Waals surface area contributed by atoms with E-state index >= 15 is 0 Å². The van der Waals surface area contributed by atoms with Crippen LogP contribution in [0.2, 0.25) is 0 Å². The Morgan fingerprint density at radius 2 is 2.06 bits per heavy atom. The predicted octanol–water partition coefficient (Wildman–Crippen LogP) is 3.62. The van der Waals surface area contributed by atoms with Gasteiger partial charge in [0.25, 0.3) is 0 Å². The van der Waals surface area contributed by atoms with E-state index < -0.39 is 0 Å². The molecule has 0 aliphatic heterocycles. The van der Waals surface area contributed by atoms with E-state index in [9.17, 15) is 0 Å². The van der Waals surface area contributed by atoms with Crippen molar-refractivity contribution in [2.45, 2.75) is 51.4 Å². The molecule has 16 heavy (non-hydrogen) atoms. The molecule has 2 aliphatic carbocycles. The normalized spacial score (nSPS) is 25.6. The highest BCUT2D eigenvalue weighted by atomic mass is 14.9. The smallest absolute Gasteiger partial charge is 0.0921 e. The number of hydrogen-bond acceptors (Lipinski definition) is 1. The average molecular weight is 216 g/mol. The number of aromatic amines is 1. The van der Waals surface area contributed by atoms with Gasteiger partial charge in [0.15, 0.2) is 0 Å². The summed E-state index contributed by atoms with van der Waals surface area (Å²) in [6.45, 7) is 0. The molecule has 1 aromatic heterocycles. The summed E-state index contributed by atoms with van der Waals surface area (Å²) < 4.78 is 0. The highest BCUT2D eigenvalue weighted by Gasteiger charge is 2.23. The number of nitrogens with one attached hydrogen (secondary N) is 1. The molecule has 1 aromatic rings. The zero-order chi connectivity index (χ0) is 10.8. The molecule has 0 aromatic carbocycles. The number of imidazole rings is 1. The minimum Gasteiger partial charge on any atom is -0.348 e. The summed E-state index contributed by atoms with van der Waals surface area (Å²) in [5.74, 6) is 0.859. The van der Waals surface area contributed by atoms with Crippen LogP contribution < -0.4 is 0 Å². The molecule has 86 valence electrons. The molecule has 0 bridgehead atoms. The first-order valence-corrected chi connectivity index (χ1v) is 6.59. The lowest BCUT2D eigenvalue weighted by Crippen LogP contribution is -2.15. The number of nitrogens with zero attached hydrogens (tertiary/aromatic N) is 1. The predicted molar refractivity (Wildman–Crippen MR) is 65.1 cm³/mol. The molecule has 2 aliphatic rings. The van der Waals surface area contributed by atoms with Gasteiger partial charge in [0.05, 0.1) is 6.33 Å². The lowest BCUT2D eigenvalue weighted by Gasteiger charge is -2.30. The van der Waals surface area contributed by atoms with Gasteiger partial charge < -0.3 is 4.98 Å². The van der Waals surface area contributed by atoms with E-state index in [2.05, 4.69) is 9.97 Å². The molecule has 2 heteroatoms. The first-order chi connectivity index (χ1) is 7.92. The van der Waals surface area contributed by atoms with Gasteiger partial charge in [0.1, 0.15) is 0 Å². The first kappa shape index (κ1) is 10.1. The topological polar surface area (TPSA) is 28.7 Å². The van der Waals surface area contributed by atoms with Crippen LogP contribution in [0.1, 0.15) is 50.6 Å². The van der Waals surface area contributed by atoms with E-state index in [-0.39, 0.29) is 0 Å². The maximum atomic E-state index is 4.10. The zero-order valence-corrected chi connectivity index (χ0v) is 9.84. The van der Waals surface area contributed by atoms with Crippen LogP contribution in [-0.4, -0.2) is 9.97 Å². The largest absolute Gasteiger partial charge is 0.348 e. The van der Waals surface area contributed by atoms with Crippen LogP contribution in [-0.2, 0) is 6.42 Å². The molecule has 1 heterocycles. The van der Waals surface area contributed by atoms with Crippen molar-refractivity contribution >= 4 is 0 Å². The third kappa shape index (κ3) is 2.06. The molecule has 1 atom stereocenters. The van der Waals surface area contributed by atoms with Crippen molar-refractivity contribution in [3.63, 3.8) is 0 Å². The number of rotatable bonds is 2. The van der Waals surface area contributed by atoms with Crippen molar-refractivity contribution in [2.24, 2.45) is 5.92 Å². The Hall–Kier alpha value is -1.05. The Labute approximate surface area is 97.2 Å². The molecule has 0 radical (unpaired) electrons. The standard InChI is InChI=1S/C14H20N2/c1-2-4-13-7-11(5-6-12(13)3-1)8-14-9-15-10-16-14/h9-11H,1-8H2,(H,15,16). The number of allylic oxidation sites excluding steroid dienone is 2. The van der Waals surface area contributed by atoms with E-state index in [1.165, 1.54) is 57.1 Å². The Kier molecular flexibility index (Phi) is 2.81. The Bertz CT molecular complexity index is 375. The van der Waals surface area contributed by atoms with Crippen molar-refractivity contribution in [3.05, 3.63) is 29.4 Å². The van der Waals surface area contributed by atoms with Crippen molar-refractivity contribution < 1.29 is 0 Å². The van der Waals surface area contributed by atoms with Crippen molar-refractivity contribution in [1.29, 1.82) is 0 Å².